The Morgan fingerprint density at radius 3 is 2.50 bits per heavy atom. The molecule has 0 bridgehead atoms. The Morgan fingerprint density at radius 1 is 0.850 bits per heavy atom. The third-order valence-corrected chi connectivity index (χ3v) is 3.41. The number of nitrogens with one attached hydrogen (secondary N) is 1. The SMILES string of the molecule is Cc1ccc(CNCc2ccc3ccccc3n2)cc1. The van der Waals surface area contributed by atoms with Crippen LogP contribution in [0.5, 0.6) is 0 Å². The Morgan fingerprint density at radius 2 is 1.65 bits per heavy atom. The lowest BCUT2D eigenvalue weighted by Gasteiger charge is -2.06. The van der Waals surface area contributed by atoms with E-state index < -0.39 is 0 Å². The first-order chi connectivity index (χ1) is 9.81. The van der Waals surface area contributed by atoms with Gasteiger partial charge in [0.15, 0.2) is 0 Å². The van der Waals surface area contributed by atoms with Crippen LogP contribution in [0.2, 0.25) is 0 Å². The molecule has 1 aromatic heterocycles. The molecule has 0 saturated carbocycles. The molecular formula is C18H18N2. The molecule has 2 aromatic carbocycles. The molecule has 0 aliphatic rings. The summed E-state index contributed by atoms with van der Waals surface area (Å²) in [7, 11) is 0. The van der Waals surface area contributed by atoms with E-state index >= 15 is 0 Å². The Bertz CT molecular complexity index is 702. The molecule has 2 heteroatoms. The van der Waals surface area contributed by atoms with Crippen molar-refractivity contribution in [3.8, 4) is 0 Å². The van der Waals surface area contributed by atoms with Crippen LogP contribution in [0, 0.1) is 6.92 Å². The van der Waals surface area contributed by atoms with Gasteiger partial charge >= 0.3 is 0 Å². The monoisotopic (exact) mass is 262 g/mol. The summed E-state index contributed by atoms with van der Waals surface area (Å²) in [6.07, 6.45) is 0. The summed E-state index contributed by atoms with van der Waals surface area (Å²) in [6, 6.07) is 21.0. The highest BCUT2D eigenvalue weighted by atomic mass is 14.9. The molecule has 2 nitrogen and oxygen atoms in total. The molecular weight excluding hydrogens is 244 g/mol. The van der Waals surface area contributed by atoms with Crippen LogP contribution < -0.4 is 5.32 Å². The summed E-state index contributed by atoms with van der Waals surface area (Å²) in [5.74, 6) is 0. The van der Waals surface area contributed by atoms with E-state index in [9.17, 15) is 0 Å². The average molecular weight is 262 g/mol. The third-order valence-electron chi connectivity index (χ3n) is 3.41. The summed E-state index contributed by atoms with van der Waals surface area (Å²) in [5.41, 5.74) is 4.74. The average Bonchev–Trinajstić information content (AvgIpc) is 2.49. The van der Waals surface area contributed by atoms with E-state index in [0.29, 0.717) is 0 Å². The van der Waals surface area contributed by atoms with Crippen molar-refractivity contribution >= 4 is 10.9 Å². The van der Waals surface area contributed by atoms with E-state index in [-0.39, 0.29) is 0 Å². The van der Waals surface area contributed by atoms with Crippen LogP contribution in [0.4, 0.5) is 0 Å². The standard InChI is InChI=1S/C18H18N2/c1-14-6-8-15(9-7-14)12-19-13-17-11-10-16-4-2-3-5-18(16)20-17/h2-11,19H,12-13H2,1H3. The molecule has 0 atom stereocenters. The highest BCUT2D eigenvalue weighted by molar-refractivity contribution is 5.78. The molecule has 0 aliphatic heterocycles. The molecule has 0 saturated heterocycles. The number of hydrogen-bond donors (Lipinski definition) is 1. The fourth-order valence-electron chi connectivity index (χ4n) is 2.25. The minimum Gasteiger partial charge on any atom is -0.307 e. The van der Waals surface area contributed by atoms with Gasteiger partial charge in [0.25, 0.3) is 0 Å². The van der Waals surface area contributed by atoms with Gasteiger partial charge in [-0.05, 0) is 24.6 Å². The summed E-state index contributed by atoms with van der Waals surface area (Å²) >= 11 is 0. The second-order valence-electron chi connectivity index (χ2n) is 5.08. The number of benzene rings is 2. The van der Waals surface area contributed by atoms with Gasteiger partial charge in [-0.2, -0.15) is 0 Å². The van der Waals surface area contributed by atoms with Crippen LogP contribution in [0.25, 0.3) is 10.9 Å². The molecule has 0 radical (unpaired) electrons. The van der Waals surface area contributed by atoms with Crippen molar-refractivity contribution in [2.45, 2.75) is 20.0 Å². The molecule has 1 heterocycles. The number of pyridine rings is 1. The number of aromatic nitrogens is 1. The Balaban J connectivity index is 1.63. The summed E-state index contributed by atoms with van der Waals surface area (Å²) in [6.45, 7) is 3.77. The first-order valence-electron chi connectivity index (χ1n) is 6.92. The molecule has 1 N–H and O–H groups in total. The lowest BCUT2D eigenvalue weighted by molar-refractivity contribution is 0.681. The largest absolute Gasteiger partial charge is 0.307 e. The molecule has 100 valence electrons. The van der Waals surface area contributed by atoms with Crippen molar-refractivity contribution < 1.29 is 0 Å². The summed E-state index contributed by atoms with van der Waals surface area (Å²) in [5, 5.41) is 4.63. The van der Waals surface area contributed by atoms with Gasteiger partial charge < -0.3 is 5.32 Å². The Labute approximate surface area is 119 Å². The lowest BCUT2D eigenvalue weighted by Crippen LogP contribution is -2.13. The second kappa shape index (κ2) is 5.85. The van der Waals surface area contributed by atoms with Crippen LogP contribution >= 0.6 is 0 Å². The minimum absolute atomic E-state index is 0.790. The van der Waals surface area contributed by atoms with Gasteiger partial charge in [0.05, 0.1) is 11.2 Å². The lowest BCUT2D eigenvalue weighted by atomic mass is 10.1. The number of nitrogens with zero attached hydrogens (tertiary/aromatic N) is 1. The van der Waals surface area contributed by atoms with Gasteiger partial charge in [-0.25, -0.2) is 0 Å². The van der Waals surface area contributed by atoms with Crippen LogP contribution in [0.1, 0.15) is 16.8 Å². The van der Waals surface area contributed by atoms with Crippen LogP contribution in [-0.2, 0) is 13.1 Å². The van der Waals surface area contributed by atoms with Crippen molar-refractivity contribution in [3.63, 3.8) is 0 Å². The molecule has 20 heavy (non-hydrogen) atoms. The summed E-state index contributed by atoms with van der Waals surface area (Å²) < 4.78 is 0. The van der Waals surface area contributed by atoms with E-state index in [1.54, 1.807) is 0 Å². The van der Waals surface area contributed by atoms with Crippen LogP contribution in [-0.4, -0.2) is 4.98 Å². The number of fused-ring (bicyclic) bond motifs is 1. The molecule has 0 unspecified atom stereocenters. The normalized spacial score (nSPS) is 10.8. The second-order valence-corrected chi connectivity index (χ2v) is 5.08. The predicted molar refractivity (Wildman–Crippen MR) is 83.5 cm³/mol. The number of aryl methyl sites for hydroxylation is 1. The van der Waals surface area contributed by atoms with Crippen molar-refractivity contribution in [2.24, 2.45) is 0 Å². The van der Waals surface area contributed by atoms with Crippen LogP contribution in [0.3, 0.4) is 0 Å². The Hall–Kier alpha value is -2.19. The van der Waals surface area contributed by atoms with E-state index in [1.807, 2.05) is 12.1 Å². The molecule has 0 amide bonds. The maximum Gasteiger partial charge on any atom is 0.0705 e. The fraction of sp³-hybridized carbons (Fsp3) is 0.167. The predicted octanol–water partition coefficient (Wildman–Crippen LogP) is 3.83. The van der Waals surface area contributed by atoms with Crippen molar-refractivity contribution in [2.75, 3.05) is 0 Å². The van der Waals surface area contributed by atoms with Crippen molar-refractivity contribution in [3.05, 3.63) is 77.5 Å². The smallest absolute Gasteiger partial charge is 0.0705 e. The van der Waals surface area contributed by atoms with Gasteiger partial charge in [0.2, 0.25) is 0 Å². The first kappa shape index (κ1) is 12.8. The highest BCUT2D eigenvalue weighted by Gasteiger charge is 1.98. The van der Waals surface area contributed by atoms with E-state index in [1.165, 1.54) is 16.5 Å². The molecule has 0 fully saturated rings. The van der Waals surface area contributed by atoms with E-state index in [4.69, 9.17) is 0 Å². The Kier molecular flexibility index (Phi) is 3.75. The molecule has 0 spiro atoms. The van der Waals surface area contributed by atoms with Gasteiger partial charge in [-0.1, -0.05) is 54.1 Å². The van der Waals surface area contributed by atoms with Gasteiger partial charge in [-0.15, -0.1) is 0 Å². The van der Waals surface area contributed by atoms with Gasteiger partial charge in [-0.3, -0.25) is 4.98 Å². The third kappa shape index (κ3) is 3.03. The fourth-order valence-corrected chi connectivity index (χ4v) is 2.25. The maximum atomic E-state index is 4.66. The first-order valence-corrected chi connectivity index (χ1v) is 6.92. The molecule has 3 aromatic rings. The van der Waals surface area contributed by atoms with E-state index in [0.717, 1.165) is 24.3 Å². The molecule has 3 rings (SSSR count). The zero-order valence-electron chi connectivity index (χ0n) is 11.6. The summed E-state index contributed by atoms with van der Waals surface area (Å²) in [4.78, 5) is 4.66. The quantitative estimate of drug-likeness (QED) is 0.773. The van der Waals surface area contributed by atoms with Gasteiger partial charge in [0.1, 0.15) is 0 Å². The molecule has 0 aliphatic carbocycles. The van der Waals surface area contributed by atoms with Crippen LogP contribution in [0.15, 0.2) is 60.7 Å². The zero-order valence-corrected chi connectivity index (χ0v) is 11.6. The number of rotatable bonds is 4. The van der Waals surface area contributed by atoms with Gasteiger partial charge in [0, 0.05) is 18.5 Å². The zero-order chi connectivity index (χ0) is 13.8. The minimum atomic E-state index is 0.790. The maximum absolute atomic E-state index is 4.66. The van der Waals surface area contributed by atoms with Crippen molar-refractivity contribution in [1.29, 1.82) is 0 Å². The number of para-hydroxylation sites is 1. The highest BCUT2D eigenvalue weighted by Crippen LogP contribution is 2.11. The number of hydrogen-bond acceptors (Lipinski definition) is 2. The topological polar surface area (TPSA) is 24.9 Å². The van der Waals surface area contributed by atoms with E-state index in [2.05, 4.69) is 65.8 Å². The van der Waals surface area contributed by atoms with Crippen molar-refractivity contribution in [1.82, 2.24) is 10.3 Å².